The third-order valence-electron chi connectivity index (χ3n) is 3.43. The quantitative estimate of drug-likeness (QED) is 0.826. The number of hydrogen-bond donors (Lipinski definition) is 1. The Morgan fingerprint density at radius 2 is 2.12 bits per heavy atom. The first-order valence-electron chi connectivity index (χ1n) is 5.78. The summed E-state index contributed by atoms with van der Waals surface area (Å²) in [7, 11) is 1.74. The van der Waals surface area contributed by atoms with E-state index in [4.69, 9.17) is 10.5 Å². The van der Waals surface area contributed by atoms with E-state index in [0.29, 0.717) is 6.04 Å². The Hall–Kier alpha value is -1.22. The van der Waals surface area contributed by atoms with Crippen LogP contribution in [0, 0.1) is 13.8 Å². The van der Waals surface area contributed by atoms with E-state index in [2.05, 4.69) is 30.9 Å². The second kappa shape index (κ2) is 4.34. The van der Waals surface area contributed by atoms with Crippen LogP contribution >= 0.6 is 0 Å². The van der Waals surface area contributed by atoms with Gasteiger partial charge in [0.2, 0.25) is 0 Å². The molecule has 0 aliphatic carbocycles. The molecule has 1 atom stereocenters. The normalized spacial score (nSPS) is 20.2. The van der Waals surface area contributed by atoms with Gasteiger partial charge in [-0.3, -0.25) is 0 Å². The lowest BCUT2D eigenvalue weighted by atomic mass is 10.1. The zero-order valence-corrected chi connectivity index (χ0v) is 10.3. The second-order valence-electron chi connectivity index (χ2n) is 4.55. The lowest BCUT2D eigenvalue weighted by Crippen LogP contribution is -2.26. The zero-order valence-electron chi connectivity index (χ0n) is 10.3. The highest BCUT2D eigenvalue weighted by Gasteiger charge is 2.22. The van der Waals surface area contributed by atoms with Crippen molar-refractivity contribution in [3.05, 3.63) is 23.3 Å². The molecule has 1 aromatic carbocycles. The molecule has 1 saturated heterocycles. The van der Waals surface area contributed by atoms with Gasteiger partial charge in [-0.2, -0.15) is 0 Å². The van der Waals surface area contributed by atoms with Crippen molar-refractivity contribution < 1.29 is 4.74 Å². The molecular formula is C13H20N2O. The van der Waals surface area contributed by atoms with Crippen LogP contribution < -0.4 is 15.4 Å². The van der Waals surface area contributed by atoms with E-state index in [1.54, 1.807) is 7.11 Å². The smallest absolute Gasteiger partial charge is 0.145 e. The molecule has 1 aromatic rings. The molecule has 0 aromatic heterocycles. The molecule has 2 N–H and O–H groups in total. The molecular weight excluding hydrogens is 200 g/mol. The average molecular weight is 220 g/mol. The predicted molar refractivity (Wildman–Crippen MR) is 67.3 cm³/mol. The molecule has 16 heavy (non-hydrogen) atoms. The number of benzene rings is 1. The minimum atomic E-state index is 0.298. The van der Waals surface area contributed by atoms with Gasteiger partial charge in [-0.25, -0.2) is 0 Å². The number of rotatable bonds is 2. The van der Waals surface area contributed by atoms with Crippen LogP contribution in [0.15, 0.2) is 12.1 Å². The summed E-state index contributed by atoms with van der Waals surface area (Å²) < 4.78 is 5.52. The molecule has 1 fully saturated rings. The Bertz CT molecular complexity index is 390. The summed E-state index contributed by atoms with van der Waals surface area (Å²) in [6.45, 7) is 6.17. The molecule has 3 heteroatoms. The van der Waals surface area contributed by atoms with Crippen LogP contribution in [0.25, 0.3) is 0 Å². The van der Waals surface area contributed by atoms with E-state index in [1.165, 1.54) is 16.8 Å². The molecule has 0 bridgehead atoms. The molecule has 88 valence electrons. The molecule has 0 saturated carbocycles. The van der Waals surface area contributed by atoms with Crippen molar-refractivity contribution in [3.63, 3.8) is 0 Å². The maximum absolute atomic E-state index is 5.94. The van der Waals surface area contributed by atoms with E-state index in [1.807, 2.05) is 0 Å². The van der Waals surface area contributed by atoms with Gasteiger partial charge in [-0.15, -0.1) is 0 Å². The van der Waals surface area contributed by atoms with Crippen LogP contribution in [0.3, 0.4) is 0 Å². The second-order valence-corrected chi connectivity index (χ2v) is 4.55. The maximum Gasteiger partial charge on any atom is 0.145 e. The van der Waals surface area contributed by atoms with Crippen LogP contribution in [-0.4, -0.2) is 26.2 Å². The highest BCUT2D eigenvalue weighted by molar-refractivity contribution is 5.64. The molecule has 2 rings (SSSR count). The first-order valence-corrected chi connectivity index (χ1v) is 5.78. The van der Waals surface area contributed by atoms with Gasteiger partial charge in [0.25, 0.3) is 0 Å². The first kappa shape index (κ1) is 11.3. The topological polar surface area (TPSA) is 38.5 Å². The molecule has 1 aliphatic rings. The summed E-state index contributed by atoms with van der Waals surface area (Å²) in [5.74, 6) is 0.995. The van der Waals surface area contributed by atoms with E-state index in [-0.39, 0.29) is 0 Å². The number of methoxy groups -OCH3 is 1. The van der Waals surface area contributed by atoms with Crippen LogP contribution in [0.4, 0.5) is 5.69 Å². The molecule has 3 nitrogen and oxygen atoms in total. The maximum atomic E-state index is 5.94. The Morgan fingerprint density at radius 3 is 2.69 bits per heavy atom. The average Bonchev–Trinajstić information content (AvgIpc) is 2.68. The van der Waals surface area contributed by atoms with Crippen molar-refractivity contribution >= 4 is 5.69 Å². The molecule has 1 aliphatic heterocycles. The number of anilines is 1. The van der Waals surface area contributed by atoms with Crippen LogP contribution in [-0.2, 0) is 0 Å². The van der Waals surface area contributed by atoms with Crippen LogP contribution in [0.5, 0.6) is 5.75 Å². The molecule has 1 unspecified atom stereocenters. The number of nitrogens with zero attached hydrogens (tertiary/aromatic N) is 1. The standard InChI is InChI=1S/C13H20N2O/c1-9-4-5-12(13(16-3)10(9)2)15-7-6-11(14)8-15/h4-5,11H,6-8,14H2,1-3H3. The Balaban J connectivity index is 2.37. The predicted octanol–water partition coefficient (Wildman–Crippen LogP) is 1.85. The SMILES string of the molecule is COc1c(N2CCC(N)C2)ccc(C)c1C. The Labute approximate surface area is 97.2 Å². The van der Waals surface area contributed by atoms with Gasteiger partial charge in [-0.05, 0) is 37.5 Å². The van der Waals surface area contributed by atoms with Gasteiger partial charge < -0.3 is 15.4 Å². The number of aryl methyl sites for hydroxylation is 1. The molecule has 0 spiro atoms. The highest BCUT2D eigenvalue weighted by atomic mass is 16.5. The fourth-order valence-electron chi connectivity index (χ4n) is 2.29. The fourth-order valence-corrected chi connectivity index (χ4v) is 2.29. The minimum absolute atomic E-state index is 0.298. The summed E-state index contributed by atoms with van der Waals surface area (Å²) in [6, 6.07) is 4.59. The van der Waals surface area contributed by atoms with Gasteiger partial charge in [0.15, 0.2) is 0 Å². The summed E-state index contributed by atoms with van der Waals surface area (Å²) in [6.07, 6.45) is 1.07. The minimum Gasteiger partial charge on any atom is -0.494 e. The number of hydrogen-bond acceptors (Lipinski definition) is 3. The highest BCUT2D eigenvalue weighted by Crippen LogP contribution is 2.35. The van der Waals surface area contributed by atoms with Crippen molar-refractivity contribution in [2.75, 3.05) is 25.1 Å². The molecule has 0 radical (unpaired) electrons. The molecule has 1 heterocycles. The van der Waals surface area contributed by atoms with Crippen molar-refractivity contribution in [2.24, 2.45) is 5.73 Å². The molecule has 0 amide bonds. The van der Waals surface area contributed by atoms with E-state index in [9.17, 15) is 0 Å². The van der Waals surface area contributed by atoms with Gasteiger partial charge in [0.05, 0.1) is 12.8 Å². The van der Waals surface area contributed by atoms with E-state index < -0.39 is 0 Å². The lowest BCUT2D eigenvalue weighted by molar-refractivity contribution is 0.411. The monoisotopic (exact) mass is 220 g/mol. The van der Waals surface area contributed by atoms with Gasteiger partial charge in [0.1, 0.15) is 5.75 Å². The summed E-state index contributed by atoms with van der Waals surface area (Å²) in [5.41, 5.74) is 9.61. The van der Waals surface area contributed by atoms with Crippen molar-refractivity contribution in [3.8, 4) is 5.75 Å². The van der Waals surface area contributed by atoms with E-state index in [0.717, 1.165) is 25.3 Å². The first-order chi connectivity index (χ1) is 7.63. The number of nitrogens with two attached hydrogens (primary N) is 1. The summed E-state index contributed by atoms with van der Waals surface area (Å²) in [4.78, 5) is 2.32. The van der Waals surface area contributed by atoms with E-state index >= 15 is 0 Å². The fraction of sp³-hybridized carbons (Fsp3) is 0.538. The lowest BCUT2D eigenvalue weighted by Gasteiger charge is -2.22. The van der Waals surface area contributed by atoms with Gasteiger partial charge in [0, 0.05) is 19.1 Å². The van der Waals surface area contributed by atoms with Crippen molar-refractivity contribution in [1.82, 2.24) is 0 Å². The summed E-state index contributed by atoms with van der Waals surface area (Å²) >= 11 is 0. The zero-order chi connectivity index (χ0) is 11.7. The summed E-state index contributed by atoms with van der Waals surface area (Å²) in [5, 5.41) is 0. The van der Waals surface area contributed by atoms with Crippen molar-refractivity contribution in [1.29, 1.82) is 0 Å². The van der Waals surface area contributed by atoms with Gasteiger partial charge in [-0.1, -0.05) is 6.07 Å². The largest absolute Gasteiger partial charge is 0.494 e. The van der Waals surface area contributed by atoms with Crippen molar-refractivity contribution in [2.45, 2.75) is 26.3 Å². The third kappa shape index (κ3) is 1.87. The van der Waals surface area contributed by atoms with Gasteiger partial charge >= 0.3 is 0 Å². The van der Waals surface area contributed by atoms with Crippen LogP contribution in [0.1, 0.15) is 17.5 Å². The Kier molecular flexibility index (Phi) is 3.06. The third-order valence-corrected chi connectivity index (χ3v) is 3.43. The number of ether oxygens (including phenoxy) is 1. The van der Waals surface area contributed by atoms with Crippen LogP contribution in [0.2, 0.25) is 0 Å². The Morgan fingerprint density at radius 1 is 1.38 bits per heavy atom.